The summed E-state index contributed by atoms with van der Waals surface area (Å²) in [6.45, 7) is 2.93. The first-order valence-electron chi connectivity index (χ1n) is 7.76. The van der Waals surface area contributed by atoms with Crippen LogP contribution in [0.15, 0.2) is 24.5 Å². The van der Waals surface area contributed by atoms with Gasteiger partial charge in [0.25, 0.3) is 5.88 Å². The van der Waals surface area contributed by atoms with E-state index >= 15 is 0 Å². The third kappa shape index (κ3) is 4.35. The second-order valence-electron chi connectivity index (χ2n) is 5.66. The molecule has 1 saturated heterocycles. The van der Waals surface area contributed by atoms with Gasteiger partial charge in [-0.2, -0.15) is 4.98 Å². The molecule has 3 heterocycles. The van der Waals surface area contributed by atoms with Crippen molar-refractivity contribution in [3.8, 4) is 11.8 Å². The third-order valence-corrected chi connectivity index (χ3v) is 3.65. The van der Waals surface area contributed by atoms with E-state index in [1.54, 1.807) is 12.3 Å². The lowest BCUT2D eigenvalue weighted by Crippen LogP contribution is -2.40. The monoisotopic (exact) mass is 336 g/mol. The summed E-state index contributed by atoms with van der Waals surface area (Å²) in [5.41, 5.74) is 0. The molecule has 1 N–H and O–H groups in total. The van der Waals surface area contributed by atoms with Crippen LogP contribution < -0.4 is 14.8 Å². The fourth-order valence-electron chi connectivity index (χ4n) is 2.52. The number of pyridine rings is 1. The van der Waals surface area contributed by atoms with E-state index in [1.165, 1.54) is 0 Å². The summed E-state index contributed by atoms with van der Waals surface area (Å²) in [5, 5.41) is 3.35. The van der Waals surface area contributed by atoms with Gasteiger partial charge < -0.3 is 14.8 Å². The highest BCUT2D eigenvalue weighted by Crippen LogP contribution is 2.18. The van der Waals surface area contributed by atoms with Crippen LogP contribution in [-0.2, 0) is 6.61 Å². The third-order valence-electron chi connectivity index (χ3n) is 3.65. The molecule has 1 aliphatic rings. The van der Waals surface area contributed by atoms with Crippen molar-refractivity contribution in [1.82, 2.24) is 20.3 Å². The molecule has 2 aromatic heterocycles. The minimum atomic E-state index is -0.869. The topological polar surface area (TPSA) is 69.2 Å². The quantitative estimate of drug-likeness (QED) is 0.903. The first-order chi connectivity index (χ1) is 11.6. The van der Waals surface area contributed by atoms with Crippen molar-refractivity contribution in [3.63, 3.8) is 0 Å². The SMILES string of the molecule is C[C@H]1C[C@@H](Oc2ccnc(COc3ncc(F)cc3F)n2)CCN1. The zero-order valence-corrected chi connectivity index (χ0v) is 13.2. The summed E-state index contributed by atoms with van der Waals surface area (Å²) in [5.74, 6) is -1.14. The molecule has 0 unspecified atom stereocenters. The van der Waals surface area contributed by atoms with E-state index in [2.05, 4.69) is 27.2 Å². The normalized spacial score (nSPS) is 20.6. The van der Waals surface area contributed by atoms with Crippen molar-refractivity contribution >= 4 is 0 Å². The van der Waals surface area contributed by atoms with E-state index in [0.29, 0.717) is 23.8 Å². The Morgan fingerprint density at radius 2 is 2.21 bits per heavy atom. The van der Waals surface area contributed by atoms with Crippen molar-refractivity contribution in [2.75, 3.05) is 6.54 Å². The highest BCUT2D eigenvalue weighted by atomic mass is 19.1. The van der Waals surface area contributed by atoms with E-state index < -0.39 is 11.6 Å². The zero-order chi connectivity index (χ0) is 16.9. The van der Waals surface area contributed by atoms with Gasteiger partial charge in [0.15, 0.2) is 11.6 Å². The molecule has 0 amide bonds. The Balaban J connectivity index is 1.60. The number of nitrogens with zero attached hydrogens (tertiary/aromatic N) is 3. The standard InChI is InChI=1S/C16H18F2N4O2/c1-10-6-12(2-4-19-10)24-15-3-5-20-14(22-15)9-23-16-13(18)7-11(17)8-21-16/h3,5,7-8,10,12,19H,2,4,6,9H2,1H3/t10-,12-/m0/s1. The fourth-order valence-corrected chi connectivity index (χ4v) is 2.52. The summed E-state index contributed by atoms with van der Waals surface area (Å²) >= 11 is 0. The molecule has 128 valence electrons. The van der Waals surface area contributed by atoms with Gasteiger partial charge in [-0.3, -0.25) is 0 Å². The molecule has 8 heteroatoms. The first kappa shape index (κ1) is 16.5. The minimum absolute atomic E-state index is 0.0879. The number of halogens is 2. The minimum Gasteiger partial charge on any atom is -0.474 e. The summed E-state index contributed by atoms with van der Waals surface area (Å²) < 4.78 is 37.4. The van der Waals surface area contributed by atoms with Crippen LogP contribution in [-0.4, -0.2) is 33.6 Å². The average molecular weight is 336 g/mol. The largest absolute Gasteiger partial charge is 0.474 e. The lowest BCUT2D eigenvalue weighted by atomic mass is 10.0. The lowest BCUT2D eigenvalue weighted by Gasteiger charge is -2.28. The second-order valence-corrected chi connectivity index (χ2v) is 5.66. The fraction of sp³-hybridized carbons (Fsp3) is 0.438. The molecule has 2 aromatic rings. The van der Waals surface area contributed by atoms with Crippen LogP contribution in [0.1, 0.15) is 25.6 Å². The Hall–Kier alpha value is -2.35. The molecule has 0 aromatic carbocycles. The lowest BCUT2D eigenvalue weighted by molar-refractivity contribution is 0.137. The van der Waals surface area contributed by atoms with E-state index in [1.807, 2.05) is 0 Å². The number of hydrogen-bond acceptors (Lipinski definition) is 6. The van der Waals surface area contributed by atoms with Gasteiger partial charge in [0.05, 0.1) is 6.20 Å². The van der Waals surface area contributed by atoms with Gasteiger partial charge in [-0.1, -0.05) is 0 Å². The van der Waals surface area contributed by atoms with E-state index in [-0.39, 0.29) is 18.6 Å². The summed E-state index contributed by atoms with van der Waals surface area (Å²) in [7, 11) is 0. The van der Waals surface area contributed by atoms with E-state index in [9.17, 15) is 8.78 Å². The van der Waals surface area contributed by atoms with Gasteiger partial charge in [0, 0.05) is 24.4 Å². The van der Waals surface area contributed by atoms with E-state index in [0.717, 1.165) is 25.6 Å². The number of piperidine rings is 1. The molecular weight excluding hydrogens is 318 g/mol. The Kier molecular flexibility index (Phi) is 5.14. The molecule has 24 heavy (non-hydrogen) atoms. The molecule has 0 radical (unpaired) electrons. The average Bonchev–Trinajstić information content (AvgIpc) is 2.54. The van der Waals surface area contributed by atoms with Crippen molar-refractivity contribution in [1.29, 1.82) is 0 Å². The smallest absolute Gasteiger partial charge is 0.251 e. The maximum absolute atomic E-state index is 13.5. The maximum Gasteiger partial charge on any atom is 0.251 e. The van der Waals surface area contributed by atoms with Crippen LogP contribution in [0, 0.1) is 11.6 Å². The van der Waals surface area contributed by atoms with Crippen LogP contribution in [0.3, 0.4) is 0 Å². The number of ether oxygens (including phenoxy) is 2. The van der Waals surface area contributed by atoms with Crippen LogP contribution in [0.5, 0.6) is 11.8 Å². The summed E-state index contributed by atoms with van der Waals surface area (Å²) in [6, 6.07) is 2.79. The van der Waals surface area contributed by atoms with Gasteiger partial charge in [-0.25, -0.2) is 18.7 Å². The second kappa shape index (κ2) is 7.48. The van der Waals surface area contributed by atoms with Gasteiger partial charge in [-0.15, -0.1) is 0 Å². The van der Waals surface area contributed by atoms with Crippen LogP contribution in [0.25, 0.3) is 0 Å². The van der Waals surface area contributed by atoms with Crippen LogP contribution in [0.4, 0.5) is 8.78 Å². The maximum atomic E-state index is 13.5. The molecule has 0 bridgehead atoms. The van der Waals surface area contributed by atoms with Crippen molar-refractivity contribution in [3.05, 3.63) is 42.0 Å². The predicted molar refractivity (Wildman–Crippen MR) is 81.6 cm³/mol. The van der Waals surface area contributed by atoms with Gasteiger partial charge in [-0.05, 0) is 26.3 Å². The van der Waals surface area contributed by atoms with E-state index in [4.69, 9.17) is 9.47 Å². The van der Waals surface area contributed by atoms with Crippen LogP contribution in [0.2, 0.25) is 0 Å². The molecule has 1 fully saturated rings. The predicted octanol–water partition coefficient (Wildman–Crippen LogP) is 2.25. The Morgan fingerprint density at radius 1 is 1.33 bits per heavy atom. The number of aromatic nitrogens is 3. The van der Waals surface area contributed by atoms with Gasteiger partial charge in [0.1, 0.15) is 18.5 Å². The molecular formula is C16H18F2N4O2. The Labute approximate surface area is 138 Å². The van der Waals surface area contributed by atoms with Crippen molar-refractivity contribution in [2.45, 2.75) is 38.5 Å². The molecule has 0 saturated carbocycles. The first-order valence-corrected chi connectivity index (χ1v) is 7.76. The Bertz CT molecular complexity index is 702. The van der Waals surface area contributed by atoms with Gasteiger partial charge in [0.2, 0.25) is 5.88 Å². The summed E-state index contributed by atoms with van der Waals surface area (Å²) in [4.78, 5) is 11.9. The number of rotatable bonds is 5. The molecule has 1 aliphatic heterocycles. The highest BCUT2D eigenvalue weighted by Gasteiger charge is 2.20. The number of nitrogens with one attached hydrogen (secondary N) is 1. The summed E-state index contributed by atoms with van der Waals surface area (Å²) in [6.07, 6.45) is 4.35. The zero-order valence-electron chi connectivity index (χ0n) is 13.2. The molecule has 2 atom stereocenters. The van der Waals surface area contributed by atoms with Crippen molar-refractivity contribution < 1.29 is 18.3 Å². The van der Waals surface area contributed by atoms with Crippen LogP contribution >= 0.6 is 0 Å². The molecule has 0 spiro atoms. The Morgan fingerprint density at radius 3 is 3.00 bits per heavy atom. The molecule has 3 rings (SSSR count). The molecule has 6 nitrogen and oxygen atoms in total. The number of hydrogen-bond donors (Lipinski definition) is 1. The van der Waals surface area contributed by atoms with Gasteiger partial charge >= 0.3 is 0 Å². The molecule has 0 aliphatic carbocycles. The van der Waals surface area contributed by atoms with Crippen molar-refractivity contribution in [2.24, 2.45) is 0 Å². The highest BCUT2D eigenvalue weighted by molar-refractivity contribution is 5.15.